The van der Waals surface area contributed by atoms with E-state index in [1.54, 1.807) is 0 Å². The lowest BCUT2D eigenvalue weighted by molar-refractivity contribution is 0.242. The van der Waals surface area contributed by atoms with Crippen LogP contribution in [0.25, 0.3) is 0 Å². The van der Waals surface area contributed by atoms with E-state index in [0.29, 0.717) is 6.61 Å². The molecule has 0 fully saturated rings. The van der Waals surface area contributed by atoms with E-state index in [0.717, 1.165) is 13.0 Å². The summed E-state index contributed by atoms with van der Waals surface area (Å²) in [6, 6.07) is 0. The van der Waals surface area contributed by atoms with Gasteiger partial charge in [0.25, 0.3) is 5.88 Å². The maximum Gasteiger partial charge on any atom is 0.300 e. The molecule has 6 heteroatoms. The normalized spacial score (nSPS) is 10.7. The number of nitrogens with two attached hydrogens (primary N) is 1. The summed E-state index contributed by atoms with van der Waals surface area (Å²) in [6.07, 6.45) is 0.916. The molecule has 0 atom stereocenters. The minimum atomic E-state index is 0.199. The summed E-state index contributed by atoms with van der Waals surface area (Å²) in [5, 5.41) is 6.87. The van der Waals surface area contributed by atoms with Crippen molar-refractivity contribution in [3.8, 4) is 5.88 Å². The first-order chi connectivity index (χ1) is 6.20. The van der Waals surface area contributed by atoms with Crippen LogP contribution in [0.4, 0.5) is 5.82 Å². The third-order valence-electron chi connectivity index (χ3n) is 1.47. The largest absolute Gasteiger partial charge is 0.473 e. The summed E-state index contributed by atoms with van der Waals surface area (Å²) in [5.74, 6) is 0.476. The van der Waals surface area contributed by atoms with Crippen molar-refractivity contribution in [2.24, 2.45) is 0 Å². The van der Waals surface area contributed by atoms with Crippen LogP contribution in [-0.2, 0) is 0 Å². The van der Waals surface area contributed by atoms with E-state index in [1.165, 1.54) is 0 Å². The van der Waals surface area contributed by atoms with Crippen molar-refractivity contribution in [1.82, 2.24) is 15.2 Å². The highest BCUT2D eigenvalue weighted by Crippen LogP contribution is 2.13. The molecule has 0 aromatic carbocycles. The van der Waals surface area contributed by atoms with Crippen molar-refractivity contribution in [2.45, 2.75) is 6.42 Å². The van der Waals surface area contributed by atoms with E-state index in [1.807, 2.05) is 14.1 Å². The second kappa shape index (κ2) is 4.66. The maximum absolute atomic E-state index is 5.38. The Labute approximate surface area is 76.6 Å². The molecule has 0 amide bonds. The topological polar surface area (TPSA) is 77.4 Å². The molecule has 2 N–H and O–H groups in total. The molecule has 0 aliphatic carbocycles. The molecule has 0 aliphatic rings. The van der Waals surface area contributed by atoms with Crippen molar-refractivity contribution in [3.63, 3.8) is 0 Å². The van der Waals surface area contributed by atoms with Crippen LogP contribution < -0.4 is 10.5 Å². The van der Waals surface area contributed by atoms with Crippen LogP contribution in [0.5, 0.6) is 5.88 Å². The lowest BCUT2D eigenvalue weighted by Crippen LogP contribution is -2.15. The van der Waals surface area contributed by atoms with Gasteiger partial charge in [0.1, 0.15) is 0 Å². The molecule has 0 radical (unpaired) electrons. The van der Waals surface area contributed by atoms with E-state index < -0.39 is 0 Å². The molecule has 0 bridgehead atoms. The molecule has 0 spiro atoms. The zero-order valence-corrected chi connectivity index (χ0v) is 7.86. The molecule has 13 heavy (non-hydrogen) atoms. The smallest absolute Gasteiger partial charge is 0.300 e. The van der Waals surface area contributed by atoms with Gasteiger partial charge in [-0.25, -0.2) is 4.63 Å². The van der Waals surface area contributed by atoms with Gasteiger partial charge in [0.2, 0.25) is 5.82 Å². The number of ether oxygens (including phenoxy) is 1. The standard InChI is InChI=1S/C7H14N4O2/c1-11(2)4-3-5-12-7-6(8)9-13-10-7/h3-5H2,1-2H3,(H2,8,9). The van der Waals surface area contributed by atoms with E-state index in [-0.39, 0.29) is 11.7 Å². The quantitative estimate of drug-likeness (QED) is 0.651. The predicted octanol–water partition coefficient (Wildman–Crippen LogP) is -0.0177. The number of aromatic nitrogens is 2. The lowest BCUT2D eigenvalue weighted by Gasteiger charge is -2.08. The Morgan fingerprint density at radius 1 is 1.46 bits per heavy atom. The Bertz CT molecular complexity index is 248. The van der Waals surface area contributed by atoms with Crippen molar-refractivity contribution in [1.29, 1.82) is 0 Å². The molecule has 1 heterocycles. The minimum Gasteiger partial charge on any atom is -0.473 e. The van der Waals surface area contributed by atoms with Crippen LogP contribution in [-0.4, -0.2) is 42.5 Å². The van der Waals surface area contributed by atoms with Crippen LogP contribution in [0.2, 0.25) is 0 Å². The van der Waals surface area contributed by atoms with E-state index >= 15 is 0 Å². The monoisotopic (exact) mass is 186 g/mol. The Balaban J connectivity index is 2.17. The van der Waals surface area contributed by atoms with E-state index in [9.17, 15) is 0 Å². The molecule has 1 aromatic heterocycles. The first-order valence-corrected chi connectivity index (χ1v) is 4.05. The Morgan fingerprint density at radius 3 is 2.77 bits per heavy atom. The molecular formula is C7H14N4O2. The highest BCUT2D eigenvalue weighted by atomic mass is 16.6. The number of hydrogen-bond acceptors (Lipinski definition) is 6. The average Bonchev–Trinajstić information content (AvgIpc) is 2.45. The molecule has 0 saturated heterocycles. The fourth-order valence-electron chi connectivity index (χ4n) is 0.837. The number of nitrogen functional groups attached to an aromatic ring is 1. The Kier molecular flexibility index (Phi) is 3.51. The number of anilines is 1. The van der Waals surface area contributed by atoms with Gasteiger partial charge in [0.05, 0.1) is 6.61 Å². The van der Waals surface area contributed by atoms with Crippen LogP contribution in [0.3, 0.4) is 0 Å². The summed E-state index contributed by atoms with van der Waals surface area (Å²) in [4.78, 5) is 2.08. The number of hydrogen-bond donors (Lipinski definition) is 1. The summed E-state index contributed by atoms with van der Waals surface area (Å²) >= 11 is 0. The zero-order chi connectivity index (χ0) is 9.68. The summed E-state index contributed by atoms with van der Waals surface area (Å²) in [6.45, 7) is 1.53. The molecule has 0 aliphatic heterocycles. The van der Waals surface area contributed by atoms with Crippen molar-refractivity contribution >= 4 is 5.82 Å². The lowest BCUT2D eigenvalue weighted by atomic mass is 10.4. The predicted molar refractivity (Wildman–Crippen MR) is 47.4 cm³/mol. The van der Waals surface area contributed by atoms with Gasteiger partial charge in [-0.05, 0) is 30.8 Å². The second-order valence-electron chi connectivity index (χ2n) is 2.96. The van der Waals surface area contributed by atoms with Crippen molar-refractivity contribution in [2.75, 3.05) is 33.0 Å². The molecular weight excluding hydrogens is 172 g/mol. The second-order valence-corrected chi connectivity index (χ2v) is 2.96. The molecule has 6 nitrogen and oxygen atoms in total. The highest BCUT2D eigenvalue weighted by molar-refractivity contribution is 5.36. The van der Waals surface area contributed by atoms with Gasteiger partial charge in [-0.15, -0.1) is 0 Å². The van der Waals surface area contributed by atoms with Gasteiger partial charge in [0, 0.05) is 6.54 Å². The third-order valence-corrected chi connectivity index (χ3v) is 1.47. The van der Waals surface area contributed by atoms with Crippen molar-refractivity contribution < 1.29 is 9.37 Å². The first kappa shape index (κ1) is 9.79. The first-order valence-electron chi connectivity index (χ1n) is 4.05. The summed E-state index contributed by atoms with van der Waals surface area (Å²) in [7, 11) is 4.01. The fourth-order valence-corrected chi connectivity index (χ4v) is 0.837. The van der Waals surface area contributed by atoms with Crippen LogP contribution in [0.1, 0.15) is 6.42 Å². The highest BCUT2D eigenvalue weighted by Gasteiger charge is 2.05. The van der Waals surface area contributed by atoms with Gasteiger partial charge in [-0.1, -0.05) is 0 Å². The summed E-state index contributed by atoms with van der Waals surface area (Å²) < 4.78 is 9.57. The van der Waals surface area contributed by atoms with Gasteiger partial charge in [-0.2, -0.15) is 0 Å². The van der Waals surface area contributed by atoms with Crippen LogP contribution >= 0.6 is 0 Å². The zero-order valence-electron chi connectivity index (χ0n) is 7.86. The number of nitrogens with zero attached hydrogens (tertiary/aromatic N) is 3. The molecule has 74 valence electrons. The molecule has 0 unspecified atom stereocenters. The SMILES string of the molecule is CN(C)CCCOc1nonc1N. The van der Waals surface area contributed by atoms with Gasteiger partial charge < -0.3 is 15.4 Å². The van der Waals surface area contributed by atoms with Crippen molar-refractivity contribution in [3.05, 3.63) is 0 Å². The van der Waals surface area contributed by atoms with Crippen LogP contribution in [0, 0.1) is 0 Å². The maximum atomic E-state index is 5.38. The summed E-state index contributed by atoms with van der Waals surface area (Å²) in [5.41, 5.74) is 5.38. The number of rotatable bonds is 5. The molecule has 1 rings (SSSR count). The Morgan fingerprint density at radius 2 is 2.23 bits per heavy atom. The Hall–Kier alpha value is -1.30. The molecule has 1 aromatic rings. The third kappa shape index (κ3) is 3.29. The fraction of sp³-hybridized carbons (Fsp3) is 0.714. The molecule has 0 saturated carbocycles. The van der Waals surface area contributed by atoms with Crippen LogP contribution in [0.15, 0.2) is 4.63 Å². The van der Waals surface area contributed by atoms with E-state index in [2.05, 4.69) is 19.8 Å². The minimum absolute atomic E-state index is 0.199. The van der Waals surface area contributed by atoms with Gasteiger partial charge >= 0.3 is 0 Å². The average molecular weight is 186 g/mol. The van der Waals surface area contributed by atoms with Gasteiger partial charge in [-0.3, -0.25) is 0 Å². The van der Waals surface area contributed by atoms with Gasteiger partial charge in [0.15, 0.2) is 0 Å². The van der Waals surface area contributed by atoms with E-state index in [4.69, 9.17) is 10.5 Å².